The largest absolute Gasteiger partial charge is 0.459 e. The molecule has 33 heavy (non-hydrogen) atoms. The predicted molar refractivity (Wildman–Crippen MR) is 108 cm³/mol. The molecule has 0 spiro atoms. The van der Waals surface area contributed by atoms with Crippen LogP contribution in [0, 0.1) is 10.1 Å². The third kappa shape index (κ3) is 7.60. The molecular formula is C19H24N4O10. The second kappa shape index (κ2) is 10.6. The van der Waals surface area contributed by atoms with Crippen LogP contribution < -0.4 is 11.1 Å². The number of primary amides is 1. The molecule has 14 nitrogen and oxygen atoms in total. The lowest BCUT2D eigenvalue weighted by molar-refractivity contribution is -0.384. The molecule has 0 aliphatic carbocycles. The van der Waals surface area contributed by atoms with E-state index in [0.29, 0.717) is 5.56 Å². The molecular weight excluding hydrogens is 444 g/mol. The Balaban J connectivity index is 1.88. The highest BCUT2D eigenvalue weighted by atomic mass is 16.7. The van der Waals surface area contributed by atoms with Gasteiger partial charge in [0.2, 0.25) is 0 Å². The third-order valence-corrected chi connectivity index (χ3v) is 4.11. The van der Waals surface area contributed by atoms with Crippen LogP contribution in [-0.4, -0.2) is 64.9 Å². The minimum Gasteiger partial charge on any atom is -0.459 e. The van der Waals surface area contributed by atoms with Crippen molar-refractivity contribution in [2.45, 2.75) is 45.1 Å². The van der Waals surface area contributed by atoms with Gasteiger partial charge in [0.05, 0.1) is 4.92 Å². The van der Waals surface area contributed by atoms with Crippen LogP contribution in [0.5, 0.6) is 0 Å². The van der Waals surface area contributed by atoms with E-state index in [0.717, 1.165) is 5.06 Å². The zero-order valence-corrected chi connectivity index (χ0v) is 18.1. The SMILES string of the molecule is CC(C)(C)OC(=O)N[C@@H]1C(=O)N(OCC(=O)OCc2ccc([N+](=O)[O-])cc2)[C@@H]1COC(N)=O. The number of hydrogen-bond donors (Lipinski definition) is 2. The van der Waals surface area contributed by atoms with Gasteiger partial charge < -0.3 is 25.3 Å². The van der Waals surface area contributed by atoms with Gasteiger partial charge in [0.25, 0.3) is 11.6 Å². The van der Waals surface area contributed by atoms with E-state index in [1.54, 1.807) is 20.8 Å². The number of rotatable bonds is 9. The summed E-state index contributed by atoms with van der Waals surface area (Å²) in [7, 11) is 0. The van der Waals surface area contributed by atoms with Gasteiger partial charge in [-0.15, -0.1) is 0 Å². The Morgan fingerprint density at radius 2 is 1.82 bits per heavy atom. The topological polar surface area (TPSA) is 190 Å². The van der Waals surface area contributed by atoms with Gasteiger partial charge in [0.15, 0.2) is 6.61 Å². The second-order valence-corrected chi connectivity index (χ2v) is 7.84. The van der Waals surface area contributed by atoms with E-state index in [1.807, 2.05) is 0 Å². The lowest BCUT2D eigenvalue weighted by Crippen LogP contribution is -2.72. The Morgan fingerprint density at radius 3 is 2.36 bits per heavy atom. The van der Waals surface area contributed by atoms with Crippen molar-refractivity contribution in [2.75, 3.05) is 13.2 Å². The van der Waals surface area contributed by atoms with E-state index in [4.69, 9.17) is 20.0 Å². The fourth-order valence-corrected chi connectivity index (χ4v) is 2.64. The van der Waals surface area contributed by atoms with Gasteiger partial charge in [-0.25, -0.2) is 19.4 Å². The van der Waals surface area contributed by atoms with E-state index in [-0.39, 0.29) is 12.3 Å². The minimum absolute atomic E-state index is 0.108. The van der Waals surface area contributed by atoms with Gasteiger partial charge in [-0.05, 0) is 38.5 Å². The number of β-lactam (4-membered cyclic amide) rings is 1. The van der Waals surface area contributed by atoms with Crippen molar-refractivity contribution in [3.8, 4) is 0 Å². The number of carbonyl (C=O) groups is 4. The molecule has 1 heterocycles. The Morgan fingerprint density at radius 1 is 1.18 bits per heavy atom. The minimum atomic E-state index is -1.13. The fraction of sp³-hybridized carbons (Fsp3) is 0.474. The van der Waals surface area contributed by atoms with Gasteiger partial charge in [0, 0.05) is 12.1 Å². The second-order valence-electron chi connectivity index (χ2n) is 7.84. The lowest BCUT2D eigenvalue weighted by Gasteiger charge is -2.44. The Kier molecular flexibility index (Phi) is 8.12. The Labute approximate surface area is 188 Å². The number of nitro benzene ring substituents is 1. The highest BCUT2D eigenvalue weighted by Gasteiger charge is 2.51. The molecule has 1 aliphatic heterocycles. The number of nitrogens with zero attached hydrogens (tertiary/aromatic N) is 2. The van der Waals surface area contributed by atoms with E-state index < -0.39 is 59.9 Å². The number of non-ortho nitro benzene ring substituents is 1. The molecule has 2 atom stereocenters. The monoisotopic (exact) mass is 468 g/mol. The molecule has 0 unspecified atom stereocenters. The first-order chi connectivity index (χ1) is 15.4. The van der Waals surface area contributed by atoms with Crippen molar-refractivity contribution in [2.24, 2.45) is 5.73 Å². The number of ether oxygens (including phenoxy) is 3. The Hall–Kier alpha value is -3.94. The normalized spacial score (nSPS) is 17.5. The van der Waals surface area contributed by atoms with Crippen molar-refractivity contribution < 1.29 is 43.1 Å². The van der Waals surface area contributed by atoms with Crippen molar-refractivity contribution in [3.05, 3.63) is 39.9 Å². The van der Waals surface area contributed by atoms with Gasteiger partial charge in [-0.3, -0.25) is 19.7 Å². The summed E-state index contributed by atoms with van der Waals surface area (Å²) >= 11 is 0. The number of alkyl carbamates (subject to hydrolysis) is 1. The van der Waals surface area contributed by atoms with Crippen LogP contribution in [0.15, 0.2) is 24.3 Å². The van der Waals surface area contributed by atoms with Crippen molar-refractivity contribution in [3.63, 3.8) is 0 Å². The van der Waals surface area contributed by atoms with Gasteiger partial charge >= 0.3 is 18.2 Å². The highest BCUT2D eigenvalue weighted by molar-refractivity contribution is 5.91. The van der Waals surface area contributed by atoms with Crippen LogP contribution in [0.25, 0.3) is 0 Å². The highest BCUT2D eigenvalue weighted by Crippen LogP contribution is 2.22. The summed E-state index contributed by atoms with van der Waals surface area (Å²) in [5, 5.41) is 13.8. The van der Waals surface area contributed by atoms with E-state index >= 15 is 0 Å². The average molecular weight is 468 g/mol. The van der Waals surface area contributed by atoms with Gasteiger partial charge in [-0.2, -0.15) is 0 Å². The summed E-state index contributed by atoms with van der Waals surface area (Å²) in [6.07, 6.45) is -1.97. The number of amides is 3. The van der Waals surface area contributed by atoms with Crippen LogP contribution in [0.2, 0.25) is 0 Å². The van der Waals surface area contributed by atoms with E-state index in [1.165, 1.54) is 24.3 Å². The molecule has 1 fully saturated rings. The summed E-state index contributed by atoms with van der Waals surface area (Å²) in [5.41, 5.74) is 4.53. The van der Waals surface area contributed by atoms with Crippen molar-refractivity contribution >= 4 is 29.8 Å². The summed E-state index contributed by atoms with van der Waals surface area (Å²) in [6.45, 7) is 3.68. The number of carbonyl (C=O) groups excluding carboxylic acids is 4. The summed E-state index contributed by atoms with van der Waals surface area (Å²) < 4.78 is 14.8. The molecule has 0 bridgehead atoms. The maximum atomic E-state index is 12.3. The van der Waals surface area contributed by atoms with E-state index in [9.17, 15) is 29.3 Å². The molecule has 0 radical (unpaired) electrons. The zero-order chi connectivity index (χ0) is 24.8. The quantitative estimate of drug-likeness (QED) is 0.172. The van der Waals surface area contributed by atoms with Crippen molar-refractivity contribution in [1.82, 2.24) is 10.4 Å². The number of nitro groups is 1. The first-order valence-corrected chi connectivity index (χ1v) is 9.64. The maximum Gasteiger partial charge on any atom is 0.408 e. The van der Waals surface area contributed by atoms with Crippen LogP contribution in [0.1, 0.15) is 26.3 Å². The van der Waals surface area contributed by atoms with Crippen LogP contribution in [0.4, 0.5) is 15.3 Å². The molecule has 180 valence electrons. The smallest absolute Gasteiger partial charge is 0.408 e. The fourth-order valence-electron chi connectivity index (χ4n) is 2.64. The summed E-state index contributed by atoms with van der Waals surface area (Å²) in [6, 6.07) is 3.29. The molecule has 2 rings (SSSR count). The van der Waals surface area contributed by atoms with Crippen LogP contribution in [-0.2, 0) is 35.2 Å². The molecule has 1 aromatic rings. The number of nitrogens with two attached hydrogens (primary N) is 1. The molecule has 14 heteroatoms. The molecule has 1 aromatic carbocycles. The molecule has 1 saturated heterocycles. The number of nitrogens with one attached hydrogen (secondary N) is 1. The number of benzene rings is 1. The van der Waals surface area contributed by atoms with Crippen LogP contribution in [0.3, 0.4) is 0 Å². The first-order valence-electron chi connectivity index (χ1n) is 9.64. The number of hydroxylamine groups is 2. The zero-order valence-electron chi connectivity index (χ0n) is 18.1. The predicted octanol–water partition coefficient (Wildman–Crippen LogP) is 0.769. The number of hydrogen-bond acceptors (Lipinski definition) is 10. The molecule has 1 aliphatic rings. The van der Waals surface area contributed by atoms with Gasteiger partial charge in [-0.1, -0.05) is 0 Å². The molecule has 0 aromatic heterocycles. The summed E-state index contributed by atoms with van der Waals surface area (Å²) in [5.74, 6) is -1.54. The van der Waals surface area contributed by atoms with Crippen molar-refractivity contribution in [1.29, 1.82) is 0 Å². The maximum absolute atomic E-state index is 12.3. The standard InChI is InChI=1S/C19H24N4O10/c1-19(2,3)33-18(27)21-15-13(9-31-17(20)26)22(16(15)25)32-10-14(24)30-8-11-4-6-12(7-5-11)23(28)29/h4-7,13,15H,8-10H2,1-3H3,(H2,20,26)(H,21,27)/t13-,15+/m1/s1. The van der Waals surface area contributed by atoms with Crippen LogP contribution >= 0.6 is 0 Å². The molecule has 3 N–H and O–H groups in total. The van der Waals surface area contributed by atoms with Gasteiger partial charge in [0.1, 0.15) is 30.9 Å². The number of esters is 1. The average Bonchev–Trinajstić information content (AvgIpc) is 2.71. The Bertz CT molecular complexity index is 912. The first kappa shape index (κ1) is 25.3. The van der Waals surface area contributed by atoms with E-state index in [2.05, 4.69) is 10.1 Å². The summed E-state index contributed by atoms with van der Waals surface area (Å²) in [4.78, 5) is 62.4. The lowest BCUT2D eigenvalue weighted by atomic mass is 9.99. The molecule has 0 saturated carbocycles. The molecule has 3 amide bonds. The third-order valence-electron chi connectivity index (χ3n) is 4.11.